The van der Waals surface area contributed by atoms with E-state index in [1.165, 1.54) is 31.2 Å². The second kappa shape index (κ2) is 6.99. The molecule has 1 aliphatic heterocycles. The molecule has 4 heteroatoms. The summed E-state index contributed by atoms with van der Waals surface area (Å²) >= 11 is 6.28. The molecule has 1 N–H and O–H groups in total. The van der Waals surface area contributed by atoms with Gasteiger partial charge in [0.15, 0.2) is 0 Å². The van der Waals surface area contributed by atoms with Gasteiger partial charge in [0, 0.05) is 42.8 Å². The second-order valence-corrected chi connectivity index (χ2v) is 6.60. The number of benzene rings is 1. The quantitative estimate of drug-likeness (QED) is 0.921. The van der Waals surface area contributed by atoms with Crippen molar-refractivity contribution >= 4 is 11.6 Å². The number of halogens is 1. The minimum atomic E-state index is 0.447. The predicted molar refractivity (Wildman–Crippen MR) is 87.1 cm³/mol. The highest BCUT2D eigenvalue weighted by atomic mass is 35.5. The first-order valence-corrected chi connectivity index (χ1v) is 8.45. The molecule has 3 rings (SSSR count). The van der Waals surface area contributed by atoms with Crippen molar-refractivity contribution in [2.45, 2.75) is 31.7 Å². The van der Waals surface area contributed by atoms with Gasteiger partial charge in [-0.1, -0.05) is 24.4 Å². The first-order valence-electron chi connectivity index (χ1n) is 8.08. The topological polar surface area (TPSA) is 24.5 Å². The van der Waals surface area contributed by atoms with Crippen LogP contribution in [0.3, 0.4) is 0 Å². The normalized spacial score (nSPS) is 22.4. The molecule has 1 heterocycles. The van der Waals surface area contributed by atoms with E-state index in [2.05, 4.69) is 16.3 Å². The average molecular weight is 309 g/mol. The maximum absolute atomic E-state index is 6.28. The Labute approximate surface area is 132 Å². The molecule has 116 valence electrons. The van der Waals surface area contributed by atoms with Gasteiger partial charge in [-0.05, 0) is 37.0 Å². The molecule has 1 saturated heterocycles. The van der Waals surface area contributed by atoms with Crippen molar-refractivity contribution in [2.75, 3.05) is 33.3 Å². The molecule has 1 aliphatic carbocycles. The minimum absolute atomic E-state index is 0.447. The molecule has 21 heavy (non-hydrogen) atoms. The Hall–Kier alpha value is -0.770. The monoisotopic (exact) mass is 308 g/mol. The number of nitrogens with one attached hydrogen (secondary N) is 1. The number of rotatable bonds is 4. The maximum Gasteiger partial charge on any atom is 0.123 e. The predicted octanol–water partition coefficient (Wildman–Crippen LogP) is 3.49. The summed E-state index contributed by atoms with van der Waals surface area (Å²) in [6.45, 7) is 4.37. The summed E-state index contributed by atoms with van der Waals surface area (Å²) in [7, 11) is 1.76. The maximum atomic E-state index is 6.28. The van der Waals surface area contributed by atoms with Crippen molar-refractivity contribution in [2.24, 2.45) is 5.92 Å². The molecule has 1 atom stereocenters. The zero-order valence-electron chi connectivity index (χ0n) is 12.8. The molecule has 1 aromatic rings. The Kier molecular flexibility index (Phi) is 5.04. The number of methoxy groups -OCH3 is 1. The smallest absolute Gasteiger partial charge is 0.123 e. The Balaban J connectivity index is 1.95. The summed E-state index contributed by atoms with van der Waals surface area (Å²) in [6, 6.07) is 6.50. The van der Waals surface area contributed by atoms with Crippen LogP contribution in [0.2, 0.25) is 5.02 Å². The number of nitrogens with zero attached hydrogens (tertiary/aromatic N) is 1. The van der Waals surface area contributed by atoms with Crippen molar-refractivity contribution < 1.29 is 4.74 Å². The zero-order chi connectivity index (χ0) is 14.7. The molecule has 0 radical (unpaired) electrons. The highest BCUT2D eigenvalue weighted by Gasteiger charge is 2.33. The molecule has 2 fully saturated rings. The van der Waals surface area contributed by atoms with E-state index in [-0.39, 0.29) is 0 Å². The van der Waals surface area contributed by atoms with Crippen LogP contribution in [0, 0.1) is 5.92 Å². The Bertz CT molecular complexity index is 468. The lowest BCUT2D eigenvalue weighted by atomic mass is 9.89. The van der Waals surface area contributed by atoms with E-state index in [9.17, 15) is 0 Å². The highest BCUT2D eigenvalue weighted by molar-refractivity contribution is 6.30. The van der Waals surface area contributed by atoms with Gasteiger partial charge >= 0.3 is 0 Å². The fraction of sp³-hybridized carbons (Fsp3) is 0.647. The number of hydrogen-bond donors (Lipinski definition) is 1. The van der Waals surface area contributed by atoms with E-state index in [1.807, 2.05) is 12.1 Å². The summed E-state index contributed by atoms with van der Waals surface area (Å²) in [5.41, 5.74) is 1.28. The fourth-order valence-electron chi connectivity index (χ4n) is 3.92. The van der Waals surface area contributed by atoms with Crippen LogP contribution in [0.1, 0.15) is 37.3 Å². The summed E-state index contributed by atoms with van der Waals surface area (Å²) in [6.07, 6.45) is 5.36. The third-order valence-electron chi connectivity index (χ3n) is 4.90. The SMILES string of the molecule is COc1ccc(Cl)cc1[C@H](C1CCCC1)N1CCNCC1. The lowest BCUT2D eigenvalue weighted by molar-refractivity contribution is 0.123. The van der Waals surface area contributed by atoms with E-state index in [1.54, 1.807) is 7.11 Å². The van der Waals surface area contributed by atoms with E-state index in [0.717, 1.165) is 42.9 Å². The van der Waals surface area contributed by atoms with Crippen LogP contribution in [0.5, 0.6) is 5.75 Å². The molecular weight excluding hydrogens is 284 g/mol. The third-order valence-corrected chi connectivity index (χ3v) is 5.14. The van der Waals surface area contributed by atoms with Crippen molar-refractivity contribution in [1.82, 2.24) is 10.2 Å². The van der Waals surface area contributed by atoms with Crippen LogP contribution in [0.25, 0.3) is 0 Å². The summed E-state index contributed by atoms with van der Waals surface area (Å²) in [5, 5.41) is 4.26. The van der Waals surface area contributed by atoms with Gasteiger partial charge in [0.25, 0.3) is 0 Å². The minimum Gasteiger partial charge on any atom is -0.496 e. The zero-order valence-corrected chi connectivity index (χ0v) is 13.5. The standard InChI is InChI=1S/C17H25ClN2O/c1-21-16-7-6-14(18)12-15(16)17(13-4-2-3-5-13)20-10-8-19-9-11-20/h6-7,12-13,17,19H,2-5,8-11H2,1H3/t17-/m0/s1. The Morgan fingerprint density at radius 1 is 1.24 bits per heavy atom. The van der Waals surface area contributed by atoms with Crippen molar-refractivity contribution in [1.29, 1.82) is 0 Å². The number of ether oxygens (including phenoxy) is 1. The molecule has 3 nitrogen and oxygen atoms in total. The first-order chi connectivity index (χ1) is 10.3. The number of piperazine rings is 1. The largest absolute Gasteiger partial charge is 0.496 e. The molecule has 0 bridgehead atoms. The van der Waals surface area contributed by atoms with Gasteiger partial charge in [-0.15, -0.1) is 0 Å². The van der Waals surface area contributed by atoms with Gasteiger partial charge in [-0.2, -0.15) is 0 Å². The van der Waals surface area contributed by atoms with Gasteiger partial charge < -0.3 is 10.1 Å². The van der Waals surface area contributed by atoms with Gasteiger partial charge in [-0.25, -0.2) is 0 Å². The Morgan fingerprint density at radius 3 is 2.62 bits per heavy atom. The molecule has 0 amide bonds. The first kappa shape index (κ1) is 15.1. The van der Waals surface area contributed by atoms with Gasteiger partial charge in [-0.3, -0.25) is 4.90 Å². The van der Waals surface area contributed by atoms with Crippen LogP contribution in [0.15, 0.2) is 18.2 Å². The van der Waals surface area contributed by atoms with Crippen molar-refractivity contribution in [3.63, 3.8) is 0 Å². The van der Waals surface area contributed by atoms with Crippen LogP contribution in [-0.2, 0) is 0 Å². The lowest BCUT2D eigenvalue weighted by Gasteiger charge is -2.39. The van der Waals surface area contributed by atoms with Crippen LogP contribution >= 0.6 is 11.6 Å². The van der Waals surface area contributed by atoms with Crippen LogP contribution < -0.4 is 10.1 Å². The van der Waals surface area contributed by atoms with Gasteiger partial charge in [0.2, 0.25) is 0 Å². The van der Waals surface area contributed by atoms with Gasteiger partial charge in [0.05, 0.1) is 7.11 Å². The molecule has 0 aromatic heterocycles. The molecule has 1 aromatic carbocycles. The summed E-state index contributed by atoms with van der Waals surface area (Å²) in [5.74, 6) is 1.71. The molecule has 2 aliphatic rings. The third kappa shape index (κ3) is 3.36. The van der Waals surface area contributed by atoms with E-state index >= 15 is 0 Å². The summed E-state index contributed by atoms with van der Waals surface area (Å²) in [4.78, 5) is 2.63. The number of hydrogen-bond acceptors (Lipinski definition) is 3. The summed E-state index contributed by atoms with van der Waals surface area (Å²) < 4.78 is 5.63. The van der Waals surface area contributed by atoms with E-state index < -0.39 is 0 Å². The van der Waals surface area contributed by atoms with Crippen molar-refractivity contribution in [3.05, 3.63) is 28.8 Å². The lowest BCUT2D eigenvalue weighted by Crippen LogP contribution is -2.46. The van der Waals surface area contributed by atoms with Gasteiger partial charge in [0.1, 0.15) is 5.75 Å². The van der Waals surface area contributed by atoms with E-state index in [0.29, 0.717) is 6.04 Å². The Morgan fingerprint density at radius 2 is 1.95 bits per heavy atom. The fourth-order valence-corrected chi connectivity index (χ4v) is 4.10. The second-order valence-electron chi connectivity index (χ2n) is 6.16. The molecule has 0 unspecified atom stereocenters. The van der Waals surface area contributed by atoms with Crippen LogP contribution in [-0.4, -0.2) is 38.2 Å². The van der Waals surface area contributed by atoms with E-state index in [4.69, 9.17) is 16.3 Å². The average Bonchev–Trinajstić information content (AvgIpc) is 3.03. The van der Waals surface area contributed by atoms with Crippen molar-refractivity contribution in [3.8, 4) is 5.75 Å². The highest BCUT2D eigenvalue weighted by Crippen LogP contribution is 2.43. The van der Waals surface area contributed by atoms with Crippen LogP contribution in [0.4, 0.5) is 0 Å². The molecule has 1 saturated carbocycles. The molecule has 0 spiro atoms. The molecular formula is C17H25ClN2O.